The molecule has 1 rings (SSSR count). The Morgan fingerprint density at radius 2 is 2.12 bits per heavy atom. The van der Waals surface area contributed by atoms with Gasteiger partial charge in [0.15, 0.2) is 0 Å². The summed E-state index contributed by atoms with van der Waals surface area (Å²) >= 11 is 0. The van der Waals surface area contributed by atoms with Gasteiger partial charge in [0.05, 0.1) is 0 Å². The second-order valence-corrected chi connectivity index (χ2v) is 3.20. The Labute approximate surface area is 95.4 Å². The highest BCUT2D eigenvalue weighted by Gasteiger charge is 1.97. The fourth-order valence-corrected chi connectivity index (χ4v) is 1.14. The fourth-order valence-electron chi connectivity index (χ4n) is 1.14. The number of nitrogens with one attached hydrogen (secondary N) is 1. The molecule has 84 valence electrons. The van der Waals surface area contributed by atoms with Crippen molar-refractivity contribution in [1.82, 2.24) is 5.32 Å². The maximum absolute atomic E-state index is 10.8. The van der Waals surface area contributed by atoms with Gasteiger partial charge in [0.1, 0.15) is 5.76 Å². The smallest absolute Gasteiger partial charge is 0.411 e. The molecule has 1 N–H and O–H groups in total. The lowest BCUT2D eigenvalue weighted by molar-refractivity contribution is 0.182. The van der Waals surface area contributed by atoms with Gasteiger partial charge in [-0.1, -0.05) is 43.0 Å². The number of carbonyl (C=O) groups excluding carboxylic acids is 1. The van der Waals surface area contributed by atoms with Crippen molar-refractivity contribution in [1.29, 1.82) is 0 Å². The van der Waals surface area contributed by atoms with Crippen molar-refractivity contribution >= 4 is 6.09 Å². The van der Waals surface area contributed by atoms with Crippen LogP contribution in [0.3, 0.4) is 0 Å². The van der Waals surface area contributed by atoms with E-state index in [9.17, 15) is 4.79 Å². The molecule has 0 heterocycles. The predicted molar refractivity (Wildman–Crippen MR) is 64.0 cm³/mol. The molecule has 0 aliphatic rings. The molecule has 0 aliphatic heterocycles. The van der Waals surface area contributed by atoms with Gasteiger partial charge in [0.2, 0.25) is 0 Å². The highest BCUT2D eigenvalue weighted by molar-refractivity contribution is 5.68. The van der Waals surface area contributed by atoms with Crippen molar-refractivity contribution in [2.75, 3.05) is 7.05 Å². The van der Waals surface area contributed by atoms with Crippen LogP contribution >= 0.6 is 0 Å². The van der Waals surface area contributed by atoms with Crippen LogP contribution in [0.2, 0.25) is 0 Å². The zero-order chi connectivity index (χ0) is 11.8. The van der Waals surface area contributed by atoms with Crippen molar-refractivity contribution in [3.63, 3.8) is 0 Å². The Kier molecular flexibility index (Phi) is 4.86. The molecule has 0 spiro atoms. The largest absolute Gasteiger partial charge is 0.412 e. The molecule has 1 aromatic carbocycles. The van der Waals surface area contributed by atoms with Crippen molar-refractivity contribution in [2.24, 2.45) is 0 Å². The summed E-state index contributed by atoms with van der Waals surface area (Å²) in [5.41, 5.74) is 1.20. The summed E-state index contributed by atoms with van der Waals surface area (Å²) in [6.45, 7) is 3.60. The normalized spacial score (nSPS) is 10.1. The van der Waals surface area contributed by atoms with Crippen LogP contribution in [0.1, 0.15) is 5.56 Å². The van der Waals surface area contributed by atoms with Crippen LogP contribution in [0.4, 0.5) is 4.79 Å². The van der Waals surface area contributed by atoms with Crippen LogP contribution in [0.5, 0.6) is 0 Å². The number of allylic oxidation sites excluding steroid dienone is 2. The number of amides is 1. The van der Waals surface area contributed by atoms with Crippen LogP contribution < -0.4 is 5.32 Å². The third-order valence-electron chi connectivity index (χ3n) is 1.93. The van der Waals surface area contributed by atoms with E-state index < -0.39 is 6.09 Å². The summed E-state index contributed by atoms with van der Waals surface area (Å²) in [5, 5.41) is 2.35. The number of alkyl carbamates (subject to hydrolysis) is 1. The van der Waals surface area contributed by atoms with E-state index in [2.05, 4.69) is 11.9 Å². The third-order valence-corrected chi connectivity index (χ3v) is 1.93. The highest BCUT2D eigenvalue weighted by atomic mass is 16.6. The average Bonchev–Trinajstić information content (AvgIpc) is 2.30. The van der Waals surface area contributed by atoms with Crippen molar-refractivity contribution < 1.29 is 9.53 Å². The zero-order valence-corrected chi connectivity index (χ0v) is 9.27. The van der Waals surface area contributed by atoms with E-state index in [1.807, 2.05) is 36.4 Å². The maximum atomic E-state index is 10.8. The summed E-state index contributed by atoms with van der Waals surface area (Å²) in [6.07, 6.45) is 3.87. The Bertz CT molecular complexity index is 382. The molecule has 0 saturated carbocycles. The van der Waals surface area contributed by atoms with Crippen LogP contribution in [0.15, 0.2) is 54.8 Å². The first-order chi connectivity index (χ1) is 7.72. The molecule has 0 fully saturated rings. The molecule has 0 bridgehead atoms. The van der Waals surface area contributed by atoms with Crippen LogP contribution in [-0.4, -0.2) is 13.1 Å². The van der Waals surface area contributed by atoms with Crippen LogP contribution in [0.25, 0.3) is 0 Å². The topological polar surface area (TPSA) is 38.3 Å². The van der Waals surface area contributed by atoms with Gasteiger partial charge in [-0.15, -0.1) is 0 Å². The van der Waals surface area contributed by atoms with E-state index in [-0.39, 0.29) is 0 Å². The van der Waals surface area contributed by atoms with E-state index >= 15 is 0 Å². The molecule has 1 amide bonds. The van der Waals surface area contributed by atoms with Gasteiger partial charge in [-0.2, -0.15) is 0 Å². The third kappa shape index (κ3) is 4.46. The standard InChI is InChI=1S/C13H15NO2/c1-11(16-13(15)14-2)7-6-10-12-8-4-3-5-9-12/h3-9H,1,10H2,2H3,(H,14,15)/b7-6-. The molecular formula is C13H15NO2. The number of ether oxygens (including phenoxy) is 1. The van der Waals surface area contributed by atoms with Crippen molar-refractivity contribution in [3.8, 4) is 0 Å². The lowest BCUT2D eigenvalue weighted by Gasteiger charge is -2.01. The van der Waals surface area contributed by atoms with Gasteiger partial charge in [0, 0.05) is 7.05 Å². The van der Waals surface area contributed by atoms with E-state index in [4.69, 9.17) is 4.74 Å². The first kappa shape index (κ1) is 12.0. The van der Waals surface area contributed by atoms with Gasteiger partial charge in [-0.25, -0.2) is 4.79 Å². The second kappa shape index (κ2) is 6.45. The molecule has 1 aromatic rings. The van der Waals surface area contributed by atoms with Gasteiger partial charge in [-0.3, -0.25) is 0 Å². The summed E-state index contributed by atoms with van der Waals surface area (Å²) in [6, 6.07) is 10.0. The first-order valence-electron chi connectivity index (χ1n) is 5.01. The molecule has 0 atom stereocenters. The van der Waals surface area contributed by atoms with Crippen LogP contribution in [0, 0.1) is 0 Å². The molecule has 0 saturated heterocycles. The maximum Gasteiger partial charge on any atom is 0.412 e. The average molecular weight is 217 g/mol. The van der Waals surface area contributed by atoms with E-state index in [1.54, 1.807) is 6.08 Å². The quantitative estimate of drug-likeness (QED) is 0.622. The minimum absolute atomic E-state index is 0.329. The predicted octanol–water partition coefficient (Wildman–Crippen LogP) is 2.66. The fraction of sp³-hybridized carbons (Fsp3) is 0.154. The van der Waals surface area contributed by atoms with Crippen molar-refractivity contribution in [2.45, 2.75) is 6.42 Å². The lowest BCUT2D eigenvalue weighted by atomic mass is 10.1. The van der Waals surface area contributed by atoms with Gasteiger partial charge < -0.3 is 10.1 Å². The number of rotatable bonds is 4. The Morgan fingerprint density at radius 1 is 1.44 bits per heavy atom. The molecule has 3 nitrogen and oxygen atoms in total. The SMILES string of the molecule is C=C(/C=C\Cc1ccccc1)OC(=O)NC. The Balaban J connectivity index is 2.38. The zero-order valence-electron chi connectivity index (χ0n) is 9.27. The number of carbonyl (C=O) groups is 1. The number of benzene rings is 1. The summed E-state index contributed by atoms with van der Waals surface area (Å²) in [4.78, 5) is 10.8. The van der Waals surface area contributed by atoms with Gasteiger partial charge in [-0.05, 0) is 18.1 Å². The highest BCUT2D eigenvalue weighted by Crippen LogP contribution is 2.02. The number of hydrogen-bond donors (Lipinski definition) is 1. The van der Waals surface area contributed by atoms with E-state index in [0.717, 1.165) is 6.42 Å². The number of hydrogen-bond acceptors (Lipinski definition) is 2. The summed E-state index contributed by atoms with van der Waals surface area (Å²) in [7, 11) is 1.50. The van der Waals surface area contributed by atoms with Gasteiger partial charge in [0.25, 0.3) is 0 Å². The van der Waals surface area contributed by atoms with Crippen LogP contribution in [-0.2, 0) is 11.2 Å². The second-order valence-electron chi connectivity index (χ2n) is 3.20. The van der Waals surface area contributed by atoms with E-state index in [0.29, 0.717) is 5.76 Å². The minimum Gasteiger partial charge on any atom is -0.411 e. The Hall–Kier alpha value is -2.03. The molecule has 0 radical (unpaired) electrons. The lowest BCUT2D eigenvalue weighted by Crippen LogP contribution is -2.18. The molecule has 0 aromatic heterocycles. The van der Waals surface area contributed by atoms with Crippen molar-refractivity contribution in [3.05, 3.63) is 60.4 Å². The molecule has 3 heteroatoms. The summed E-state index contributed by atoms with van der Waals surface area (Å²) in [5.74, 6) is 0.329. The molecule has 0 unspecified atom stereocenters. The first-order valence-corrected chi connectivity index (χ1v) is 5.01. The molecular weight excluding hydrogens is 202 g/mol. The summed E-state index contributed by atoms with van der Waals surface area (Å²) < 4.78 is 4.81. The van der Waals surface area contributed by atoms with E-state index in [1.165, 1.54) is 12.6 Å². The molecule has 0 aliphatic carbocycles. The Morgan fingerprint density at radius 3 is 2.75 bits per heavy atom. The molecule has 16 heavy (non-hydrogen) atoms. The monoisotopic (exact) mass is 217 g/mol. The van der Waals surface area contributed by atoms with Gasteiger partial charge >= 0.3 is 6.09 Å². The minimum atomic E-state index is -0.505.